The quantitative estimate of drug-likeness (QED) is 0.518. The van der Waals surface area contributed by atoms with E-state index in [1.165, 1.54) is 12.0 Å². The molecule has 0 spiro atoms. The van der Waals surface area contributed by atoms with Crippen LogP contribution in [0.2, 0.25) is 0 Å². The summed E-state index contributed by atoms with van der Waals surface area (Å²) in [5.74, 6) is 0. The zero-order chi connectivity index (χ0) is 11.1. The first-order valence-corrected chi connectivity index (χ1v) is 5.44. The first-order valence-electron chi connectivity index (χ1n) is 5.44. The standard InChI is InChI=1S/C8H14.C3H8.C2H6/c1-4-5-6-7-8(2)3;1-3-2;1-2/h4-5H,2,6-7H2,1,3H3;3H2,1-2H3;1-2H3/b5-4+;;. The summed E-state index contributed by atoms with van der Waals surface area (Å²) in [4.78, 5) is 0. The van der Waals surface area contributed by atoms with E-state index >= 15 is 0 Å². The van der Waals surface area contributed by atoms with E-state index in [1.54, 1.807) is 0 Å². The molecule has 0 aliphatic heterocycles. The summed E-state index contributed by atoms with van der Waals surface area (Å²) in [6, 6.07) is 0. The van der Waals surface area contributed by atoms with Crippen molar-refractivity contribution in [1.29, 1.82) is 0 Å². The molecule has 0 aromatic heterocycles. The molecule has 80 valence electrons. The van der Waals surface area contributed by atoms with E-state index in [2.05, 4.69) is 39.5 Å². The van der Waals surface area contributed by atoms with E-state index in [0.717, 1.165) is 12.8 Å². The van der Waals surface area contributed by atoms with Gasteiger partial charge in [-0.3, -0.25) is 0 Å². The molecule has 0 heterocycles. The van der Waals surface area contributed by atoms with Crippen molar-refractivity contribution >= 4 is 0 Å². The van der Waals surface area contributed by atoms with Crippen LogP contribution in [0.5, 0.6) is 0 Å². The van der Waals surface area contributed by atoms with Gasteiger partial charge < -0.3 is 0 Å². The third-order valence-corrected chi connectivity index (χ3v) is 0.973. The second-order valence-electron chi connectivity index (χ2n) is 2.77. The monoisotopic (exact) mass is 184 g/mol. The summed E-state index contributed by atoms with van der Waals surface area (Å²) < 4.78 is 0. The maximum absolute atomic E-state index is 3.79. The van der Waals surface area contributed by atoms with Crippen LogP contribution in [0, 0.1) is 0 Å². The maximum atomic E-state index is 3.79. The Morgan fingerprint density at radius 3 is 1.85 bits per heavy atom. The lowest BCUT2D eigenvalue weighted by Gasteiger charge is -1.90. The Morgan fingerprint density at radius 2 is 1.62 bits per heavy atom. The predicted molar refractivity (Wildman–Crippen MR) is 66.2 cm³/mol. The van der Waals surface area contributed by atoms with Crippen LogP contribution in [0.3, 0.4) is 0 Å². The van der Waals surface area contributed by atoms with E-state index in [0.29, 0.717) is 0 Å². The molecule has 0 N–H and O–H groups in total. The molecule has 0 saturated carbocycles. The van der Waals surface area contributed by atoms with Gasteiger partial charge >= 0.3 is 0 Å². The second kappa shape index (κ2) is 22.5. The molecule has 0 saturated heterocycles. The fraction of sp³-hybridized carbons (Fsp3) is 0.692. The molecule has 0 unspecified atom stereocenters. The molecule has 0 nitrogen and oxygen atoms in total. The highest BCUT2D eigenvalue weighted by Gasteiger charge is 1.79. The highest BCUT2D eigenvalue weighted by atomic mass is 13.9. The van der Waals surface area contributed by atoms with E-state index in [-0.39, 0.29) is 0 Å². The molecule has 0 aliphatic rings. The number of hydrogen-bond donors (Lipinski definition) is 0. The van der Waals surface area contributed by atoms with Crippen LogP contribution in [0.15, 0.2) is 24.3 Å². The Hall–Kier alpha value is -0.520. The molecule has 0 amide bonds. The number of rotatable bonds is 3. The highest BCUT2D eigenvalue weighted by Crippen LogP contribution is 1.99. The van der Waals surface area contributed by atoms with E-state index in [1.807, 2.05) is 20.8 Å². The zero-order valence-corrected chi connectivity index (χ0v) is 10.5. The van der Waals surface area contributed by atoms with Crippen LogP contribution in [-0.4, -0.2) is 0 Å². The van der Waals surface area contributed by atoms with Crippen LogP contribution in [0.4, 0.5) is 0 Å². The van der Waals surface area contributed by atoms with Gasteiger partial charge in [0, 0.05) is 0 Å². The molecule has 0 aromatic carbocycles. The second-order valence-corrected chi connectivity index (χ2v) is 2.77. The topological polar surface area (TPSA) is 0 Å². The van der Waals surface area contributed by atoms with Gasteiger partial charge in [-0.2, -0.15) is 0 Å². The smallest absolute Gasteiger partial charge is 0.0291 e. The molecular formula is C13H28. The summed E-state index contributed by atoms with van der Waals surface area (Å²) in [7, 11) is 0. The van der Waals surface area contributed by atoms with Crippen molar-refractivity contribution in [3.63, 3.8) is 0 Å². The maximum Gasteiger partial charge on any atom is -0.0291 e. The molecule has 0 atom stereocenters. The molecule has 0 heteroatoms. The fourth-order valence-corrected chi connectivity index (χ4v) is 0.496. The minimum absolute atomic E-state index is 1.13. The zero-order valence-electron chi connectivity index (χ0n) is 10.5. The first kappa shape index (κ1) is 18.3. The lowest BCUT2D eigenvalue weighted by Crippen LogP contribution is -1.69. The normalized spacial score (nSPS) is 8.15. The SMILES string of the molecule is C=C(C)CC/C=C/C.CC.CCC. The van der Waals surface area contributed by atoms with Crippen molar-refractivity contribution in [3.05, 3.63) is 24.3 Å². The van der Waals surface area contributed by atoms with E-state index in [4.69, 9.17) is 0 Å². The average molecular weight is 184 g/mol. The van der Waals surface area contributed by atoms with Crippen molar-refractivity contribution < 1.29 is 0 Å². The molecule has 0 bridgehead atoms. The Balaban J connectivity index is -0.000000169. The third kappa shape index (κ3) is 51.4. The van der Waals surface area contributed by atoms with Crippen LogP contribution in [0.1, 0.15) is 60.8 Å². The molecule has 0 aromatic rings. The van der Waals surface area contributed by atoms with Crippen molar-refractivity contribution in [2.24, 2.45) is 0 Å². The van der Waals surface area contributed by atoms with Gasteiger partial charge in [-0.1, -0.05) is 51.8 Å². The average Bonchev–Trinajstić information content (AvgIpc) is 2.09. The fourth-order valence-electron chi connectivity index (χ4n) is 0.496. The Bertz CT molecular complexity index is 98.6. The van der Waals surface area contributed by atoms with Crippen LogP contribution in [0.25, 0.3) is 0 Å². The van der Waals surface area contributed by atoms with Gasteiger partial charge in [0.25, 0.3) is 0 Å². The van der Waals surface area contributed by atoms with Gasteiger partial charge in [0.15, 0.2) is 0 Å². The Kier molecular flexibility index (Phi) is 31.7. The van der Waals surface area contributed by atoms with Gasteiger partial charge in [0.2, 0.25) is 0 Å². The Labute approximate surface area is 85.8 Å². The van der Waals surface area contributed by atoms with Crippen molar-refractivity contribution in [3.8, 4) is 0 Å². The van der Waals surface area contributed by atoms with Gasteiger partial charge in [-0.25, -0.2) is 0 Å². The van der Waals surface area contributed by atoms with Gasteiger partial charge in [-0.05, 0) is 26.7 Å². The highest BCUT2D eigenvalue weighted by molar-refractivity contribution is 4.91. The van der Waals surface area contributed by atoms with Crippen LogP contribution >= 0.6 is 0 Å². The number of hydrogen-bond acceptors (Lipinski definition) is 0. The summed E-state index contributed by atoms with van der Waals surface area (Å²) in [5, 5.41) is 0. The van der Waals surface area contributed by atoms with Crippen LogP contribution < -0.4 is 0 Å². The Morgan fingerprint density at radius 1 is 1.23 bits per heavy atom. The van der Waals surface area contributed by atoms with Crippen molar-refractivity contribution in [2.45, 2.75) is 60.8 Å². The number of allylic oxidation sites excluding steroid dienone is 3. The van der Waals surface area contributed by atoms with Gasteiger partial charge in [0.05, 0.1) is 0 Å². The minimum Gasteiger partial charge on any atom is -0.100 e. The summed E-state index contributed by atoms with van der Waals surface area (Å²) in [5.41, 5.74) is 1.27. The molecular weight excluding hydrogens is 156 g/mol. The van der Waals surface area contributed by atoms with Crippen molar-refractivity contribution in [1.82, 2.24) is 0 Å². The van der Waals surface area contributed by atoms with E-state index < -0.39 is 0 Å². The van der Waals surface area contributed by atoms with Crippen molar-refractivity contribution in [2.75, 3.05) is 0 Å². The largest absolute Gasteiger partial charge is 0.100 e. The molecule has 0 fully saturated rings. The molecule has 0 radical (unpaired) electrons. The molecule has 0 rings (SSSR count). The van der Waals surface area contributed by atoms with Gasteiger partial charge in [0.1, 0.15) is 0 Å². The lowest BCUT2D eigenvalue weighted by atomic mass is 10.2. The van der Waals surface area contributed by atoms with Gasteiger partial charge in [-0.15, -0.1) is 6.58 Å². The summed E-state index contributed by atoms with van der Waals surface area (Å²) >= 11 is 0. The van der Waals surface area contributed by atoms with Crippen LogP contribution in [-0.2, 0) is 0 Å². The lowest BCUT2D eigenvalue weighted by molar-refractivity contribution is 0.982. The third-order valence-electron chi connectivity index (χ3n) is 0.973. The summed E-state index contributed by atoms with van der Waals surface area (Å²) in [6.45, 7) is 16.1. The first-order chi connectivity index (χ1) is 6.18. The summed E-state index contributed by atoms with van der Waals surface area (Å²) in [6.07, 6.45) is 7.76. The minimum atomic E-state index is 1.13. The molecule has 0 aliphatic carbocycles. The predicted octanol–water partition coefficient (Wildman–Crippen LogP) is 5.36. The molecule has 13 heavy (non-hydrogen) atoms. The van der Waals surface area contributed by atoms with E-state index in [9.17, 15) is 0 Å².